The molecular formula is C7H14O4. The first kappa shape index (κ1) is 8.93. The summed E-state index contributed by atoms with van der Waals surface area (Å²) in [7, 11) is 0. The Morgan fingerprint density at radius 2 is 2.18 bits per heavy atom. The average molecular weight is 162 g/mol. The van der Waals surface area contributed by atoms with Gasteiger partial charge in [-0.1, -0.05) is 0 Å². The number of ether oxygens (including phenoxy) is 3. The molecule has 0 aromatic heterocycles. The van der Waals surface area contributed by atoms with Crippen molar-refractivity contribution in [1.29, 1.82) is 0 Å². The minimum atomic E-state index is -0.517. The predicted molar refractivity (Wildman–Crippen MR) is 37.9 cm³/mol. The fourth-order valence-corrected chi connectivity index (χ4v) is 0.855. The number of hydrogen-bond donors (Lipinski definition) is 1. The summed E-state index contributed by atoms with van der Waals surface area (Å²) < 4.78 is 15.3. The van der Waals surface area contributed by atoms with Crippen LogP contribution < -0.4 is 0 Å². The Labute approximate surface area is 66.1 Å². The van der Waals surface area contributed by atoms with Gasteiger partial charge in [0.15, 0.2) is 0 Å². The van der Waals surface area contributed by atoms with Gasteiger partial charge in [0.1, 0.15) is 0 Å². The third-order valence-electron chi connectivity index (χ3n) is 1.47. The van der Waals surface area contributed by atoms with Gasteiger partial charge in [-0.25, -0.2) is 0 Å². The maximum absolute atomic E-state index is 8.55. The smallest absolute Gasteiger partial charge is 0.272 e. The van der Waals surface area contributed by atoms with Crippen molar-refractivity contribution in [3.8, 4) is 0 Å². The van der Waals surface area contributed by atoms with Crippen molar-refractivity contribution in [3.63, 3.8) is 0 Å². The first-order chi connectivity index (χ1) is 5.33. The molecule has 1 atom stereocenters. The fourth-order valence-electron chi connectivity index (χ4n) is 0.855. The summed E-state index contributed by atoms with van der Waals surface area (Å²) >= 11 is 0. The van der Waals surface area contributed by atoms with Crippen LogP contribution in [0.2, 0.25) is 0 Å². The second kappa shape index (κ2) is 4.66. The van der Waals surface area contributed by atoms with E-state index in [1.54, 1.807) is 0 Å². The molecule has 1 unspecified atom stereocenters. The Hall–Kier alpha value is -0.160. The summed E-state index contributed by atoms with van der Waals surface area (Å²) in [6.45, 7) is 2.68. The van der Waals surface area contributed by atoms with Crippen molar-refractivity contribution in [2.24, 2.45) is 0 Å². The van der Waals surface area contributed by atoms with Crippen LogP contribution in [0.4, 0.5) is 0 Å². The monoisotopic (exact) mass is 162 g/mol. The van der Waals surface area contributed by atoms with Crippen LogP contribution in [0.5, 0.6) is 0 Å². The lowest BCUT2D eigenvalue weighted by atomic mass is 10.3. The third-order valence-corrected chi connectivity index (χ3v) is 1.47. The van der Waals surface area contributed by atoms with Crippen LogP contribution in [0.3, 0.4) is 0 Å². The highest BCUT2D eigenvalue weighted by Crippen LogP contribution is 2.09. The molecule has 0 radical (unpaired) electrons. The quantitative estimate of drug-likeness (QED) is 0.637. The van der Waals surface area contributed by atoms with E-state index < -0.39 is 6.48 Å². The van der Waals surface area contributed by atoms with E-state index in [1.807, 2.05) is 6.92 Å². The Balaban J connectivity index is 2.08. The zero-order valence-electron chi connectivity index (χ0n) is 6.66. The molecule has 0 aromatic rings. The molecule has 1 rings (SSSR count). The lowest BCUT2D eigenvalue weighted by Gasteiger charge is -2.15. The van der Waals surface area contributed by atoms with E-state index in [1.165, 1.54) is 0 Å². The molecule has 4 nitrogen and oxygen atoms in total. The Morgan fingerprint density at radius 1 is 1.55 bits per heavy atom. The minimum Gasteiger partial charge on any atom is -0.396 e. The zero-order valence-corrected chi connectivity index (χ0v) is 6.66. The largest absolute Gasteiger partial charge is 0.396 e. The van der Waals surface area contributed by atoms with Gasteiger partial charge in [0.25, 0.3) is 6.48 Å². The molecule has 0 aromatic carbocycles. The van der Waals surface area contributed by atoms with Crippen LogP contribution in [-0.2, 0) is 14.2 Å². The summed E-state index contributed by atoms with van der Waals surface area (Å²) in [5.74, 6) is 0. The van der Waals surface area contributed by atoms with Crippen LogP contribution in [0.15, 0.2) is 0 Å². The van der Waals surface area contributed by atoms with Crippen LogP contribution in [0.1, 0.15) is 13.3 Å². The van der Waals surface area contributed by atoms with Crippen molar-refractivity contribution in [3.05, 3.63) is 0 Å². The molecule has 4 heteroatoms. The van der Waals surface area contributed by atoms with Crippen molar-refractivity contribution >= 4 is 0 Å². The molecule has 0 spiro atoms. The lowest BCUT2D eigenvalue weighted by Crippen LogP contribution is -2.21. The van der Waals surface area contributed by atoms with Crippen LogP contribution in [0.25, 0.3) is 0 Å². The molecule has 1 fully saturated rings. The van der Waals surface area contributed by atoms with Gasteiger partial charge in [0.05, 0.1) is 19.3 Å². The van der Waals surface area contributed by atoms with Crippen molar-refractivity contribution in [1.82, 2.24) is 0 Å². The van der Waals surface area contributed by atoms with E-state index >= 15 is 0 Å². The minimum absolute atomic E-state index is 0.0110. The molecule has 11 heavy (non-hydrogen) atoms. The summed E-state index contributed by atoms with van der Waals surface area (Å²) in [5.41, 5.74) is 0. The molecule has 1 N–H and O–H groups in total. The molecule has 0 amide bonds. The van der Waals surface area contributed by atoms with Gasteiger partial charge in [-0.05, 0) is 13.3 Å². The van der Waals surface area contributed by atoms with Gasteiger partial charge >= 0.3 is 0 Å². The number of hydrogen-bond acceptors (Lipinski definition) is 4. The average Bonchev–Trinajstić information content (AvgIpc) is 2.40. The van der Waals surface area contributed by atoms with Gasteiger partial charge in [-0.15, -0.1) is 0 Å². The second-order valence-corrected chi connectivity index (χ2v) is 2.49. The van der Waals surface area contributed by atoms with E-state index in [0.717, 1.165) is 0 Å². The molecule has 66 valence electrons. The van der Waals surface area contributed by atoms with Crippen LogP contribution in [-0.4, -0.2) is 37.5 Å². The van der Waals surface area contributed by atoms with Crippen LogP contribution in [0, 0.1) is 0 Å². The maximum Gasteiger partial charge on any atom is 0.272 e. The normalized spacial score (nSPS) is 22.4. The van der Waals surface area contributed by atoms with Crippen molar-refractivity contribution in [2.45, 2.75) is 25.9 Å². The molecule has 0 aliphatic carbocycles. The maximum atomic E-state index is 8.55. The summed E-state index contributed by atoms with van der Waals surface area (Å²) in [6, 6.07) is 0. The molecular weight excluding hydrogens is 148 g/mol. The van der Waals surface area contributed by atoms with E-state index in [4.69, 9.17) is 19.3 Å². The highest BCUT2D eigenvalue weighted by Gasteiger charge is 2.18. The molecule has 1 heterocycles. The summed E-state index contributed by atoms with van der Waals surface area (Å²) in [5, 5.41) is 8.55. The standard InChI is InChI=1S/C7H14O4/c1-6(2-3-8)11-7-9-4-5-10-7/h6-8H,2-5H2,1H3. The van der Waals surface area contributed by atoms with Gasteiger partial charge < -0.3 is 19.3 Å². The first-order valence-corrected chi connectivity index (χ1v) is 3.82. The predicted octanol–water partition coefficient (Wildman–Crippen LogP) is 0.104. The molecule has 1 aliphatic rings. The third kappa shape index (κ3) is 3.16. The second-order valence-electron chi connectivity index (χ2n) is 2.49. The Morgan fingerprint density at radius 3 is 2.73 bits per heavy atom. The van der Waals surface area contributed by atoms with Crippen LogP contribution >= 0.6 is 0 Å². The lowest BCUT2D eigenvalue weighted by molar-refractivity contribution is -0.250. The topological polar surface area (TPSA) is 47.9 Å². The molecule has 0 saturated carbocycles. The zero-order chi connectivity index (χ0) is 8.10. The van der Waals surface area contributed by atoms with Crippen molar-refractivity contribution in [2.75, 3.05) is 19.8 Å². The fraction of sp³-hybridized carbons (Fsp3) is 1.00. The molecule has 1 saturated heterocycles. The molecule has 0 bridgehead atoms. The summed E-state index contributed by atoms with van der Waals surface area (Å²) in [6.07, 6.45) is 0.603. The van der Waals surface area contributed by atoms with Gasteiger partial charge in [-0.3, -0.25) is 0 Å². The van der Waals surface area contributed by atoms with E-state index in [9.17, 15) is 0 Å². The number of aliphatic hydroxyl groups is 1. The van der Waals surface area contributed by atoms with Gasteiger partial charge in [0, 0.05) is 6.61 Å². The van der Waals surface area contributed by atoms with E-state index in [-0.39, 0.29) is 12.7 Å². The van der Waals surface area contributed by atoms with Gasteiger partial charge in [0.2, 0.25) is 0 Å². The van der Waals surface area contributed by atoms with E-state index in [0.29, 0.717) is 19.6 Å². The van der Waals surface area contributed by atoms with Crippen molar-refractivity contribution < 1.29 is 19.3 Å². The number of rotatable bonds is 4. The SMILES string of the molecule is CC(CCO)OC1OCCO1. The van der Waals surface area contributed by atoms with Gasteiger partial charge in [-0.2, -0.15) is 0 Å². The van der Waals surface area contributed by atoms with E-state index in [2.05, 4.69) is 0 Å². The summed E-state index contributed by atoms with van der Waals surface area (Å²) in [4.78, 5) is 0. The highest BCUT2D eigenvalue weighted by molar-refractivity contribution is 4.49. The number of aliphatic hydroxyl groups excluding tert-OH is 1. The molecule has 1 aliphatic heterocycles. The Bertz CT molecular complexity index is 101. The first-order valence-electron chi connectivity index (χ1n) is 3.82. The highest BCUT2D eigenvalue weighted by atomic mass is 16.9. The Kier molecular flexibility index (Phi) is 3.79.